The van der Waals surface area contributed by atoms with Crippen molar-refractivity contribution in [2.45, 2.75) is 13.0 Å². The molecule has 0 amide bonds. The molecule has 1 aromatic carbocycles. The lowest BCUT2D eigenvalue weighted by Crippen LogP contribution is -2.24. The SMILES string of the molecule is CC1CNNC1c1cccc(Br)c1. The van der Waals surface area contributed by atoms with Gasteiger partial charge in [-0.1, -0.05) is 35.0 Å². The van der Waals surface area contributed by atoms with Crippen molar-refractivity contribution in [2.75, 3.05) is 6.54 Å². The number of benzene rings is 1. The van der Waals surface area contributed by atoms with E-state index in [2.05, 4.69) is 58.0 Å². The van der Waals surface area contributed by atoms with E-state index in [-0.39, 0.29) is 0 Å². The average Bonchev–Trinajstić information content (AvgIpc) is 2.51. The van der Waals surface area contributed by atoms with Gasteiger partial charge in [-0.05, 0) is 23.6 Å². The van der Waals surface area contributed by atoms with Gasteiger partial charge in [0.15, 0.2) is 0 Å². The van der Waals surface area contributed by atoms with E-state index in [9.17, 15) is 0 Å². The Morgan fingerprint density at radius 1 is 1.46 bits per heavy atom. The van der Waals surface area contributed by atoms with Crippen LogP contribution in [0.5, 0.6) is 0 Å². The lowest BCUT2D eigenvalue weighted by molar-refractivity contribution is 0.508. The molecule has 1 saturated heterocycles. The molecule has 0 bridgehead atoms. The van der Waals surface area contributed by atoms with Crippen molar-refractivity contribution in [1.29, 1.82) is 0 Å². The molecule has 2 atom stereocenters. The summed E-state index contributed by atoms with van der Waals surface area (Å²) < 4.78 is 1.14. The van der Waals surface area contributed by atoms with Crippen LogP contribution in [0.4, 0.5) is 0 Å². The van der Waals surface area contributed by atoms with E-state index in [0.29, 0.717) is 12.0 Å². The molecule has 1 aliphatic heterocycles. The van der Waals surface area contributed by atoms with E-state index in [1.54, 1.807) is 0 Å². The quantitative estimate of drug-likeness (QED) is 0.787. The third-order valence-corrected chi connectivity index (χ3v) is 2.95. The second-order valence-electron chi connectivity index (χ2n) is 3.54. The number of halogens is 1. The van der Waals surface area contributed by atoms with E-state index in [1.807, 2.05) is 0 Å². The Balaban J connectivity index is 2.24. The Morgan fingerprint density at radius 3 is 2.92 bits per heavy atom. The molecule has 0 saturated carbocycles. The minimum Gasteiger partial charge on any atom is -0.257 e. The first-order chi connectivity index (χ1) is 6.27. The van der Waals surface area contributed by atoms with Crippen LogP contribution in [0.25, 0.3) is 0 Å². The predicted molar refractivity (Wildman–Crippen MR) is 57.2 cm³/mol. The van der Waals surface area contributed by atoms with E-state index < -0.39 is 0 Å². The molecule has 70 valence electrons. The molecule has 3 heteroatoms. The zero-order valence-corrected chi connectivity index (χ0v) is 9.14. The average molecular weight is 241 g/mol. The third-order valence-electron chi connectivity index (χ3n) is 2.46. The van der Waals surface area contributed by atoms with E-state index in [4.69, 9.17) is 0 Å². The summed E-state index contributed by atoms with van der Waals surface area (Å²) in [6, 6.07) is 8.90. The van der Waals surface area contributed by atoms with Crippen LogP contribution in [0.1, 0.15) is 18.5 Å². The minimum absolute atomic E-state index is 0.442. The smallest absolute Gasteiger partial charge is 0.0500 e. The van der Waals surface area contributed by atoms with Gasteiger partial charge >= 0.3 is 0 Å². The fraction of sp³-hybridized carbons (Fsp3) is 0.400. The van der Waals surface area contributed by atoms with Gasteiger partial charge in [-0.2, -0.15) is 0 Å². The fourth-order valence-corrected chi connectivity index (χ4v) is 2.12. The van der Waals surface area contributed by atoms with Crippen LogP contribution in [0, 0.1) is 5.92 Å². The number of nitrogens with one attached hydrogen (secondary N) is 2. The number of hydrazine groups is 1. The monoisotopic (exact) mass is 240 g/mol. The van der Waals surface area contributed by atoms with Crippen molar-refractivity contribution >= 4 is 15.9 Å². The van der Waals surface area contributed by atoms with Gasteiger partial charge in [-0.15, -0.1) is 0 Å². The summed E-state index contributed by atoms with van der Waals surface area (Å²) in [5.74, 6) is 0.648. The predicted octanol–water partition coefficient (Wildman–Crippen LogP) is 2.23. The second kappa shape index (κ2) is 3.78. The summed E-state index contributed by atoms with van der Waals surface area (Å²) in [5, 5.41) is 0. The third kappa shape index (κ3) is 1.93. The molecule has 2 N–H and O–H groups in total. The maximum Gasteiger partial charge on any atom is 0.0500 e. The summed E-state index contributed by atoms with van der Waals surface area (Å²) >= 11 is 3.48. The van der Waals surface area contributed by atoms with Gasteiger partial charge in [0.05, 0.1) is 6.04 Å². The summed E-state index contributed by atoms with van der Waals surface area (Å²) in [6.07, 6.45) is 0. The topological polar surface area (TPSA) is 24.1 Å². The summed E-state index contributed by atoms with van der Waals surface area (Å²) in [7, 11) is 0. The van der Waals surface area contributed by atoms with Gasteiger partial charge in [0.1, 0.15) is 0 Å². The first-order valence-corrected chi connectivity index (χ1v) is 5.30. The van der Waals surface area contributed by atoms with Crippen molar-refractivity contribution in [3.63, 3.8) is 0 Å². The van der Waals surface area contributed by atoms with Crippen LogP contribution >= 0.6 is 15.9 Å². The highest BCUT2D eigenvalue weighted by Gasteiger charge is 2.23. The Bertz CT molecular complexity index is 301. The maximum atomic E-state index is 3.48. The Kier molecular flexibility index (Phi) is 2.67. The van der Waals surface area contributed by atoms with Crippen LogP contribution in [0.15, 0.2) is 28.7 Å². The molecule has 2 rings (SSSR count). The van der Waals surface area contributed by atoms with Gasteiger partial charge < -0.3 is 0 Å². The molecule has 0 spiro atoms. The van der Waals surface area contributed by atoms with Crippen LogP contribution in [-0.2, 0) is 0 Å². The first kappa shape index (κ1) is 9.19. The highest BCUT2D eigenvalue weighted by Crippen LogP contribution is 2.25. The van der Waals surface area contributed by atoms with Crippen molar-refractivity contribution < 1.29 is 0 Å². The Hall–Kier alpha value is -0.380. The van der Waals surface area contributed by atoms with Gasteiger partial charge in [0.2, 0.25) is 0 Å². The van der Waals surface area contributed by atoms with Gasteiger partial charge in [-0.3, -0.25) is 10.9 Å². The summed E-state index contributed by atoms with van der Waals surface area (Å²) in [4.78, 5) is 0. The molecule has 2 unspecified atom stereocenters. The molecule has 0 aliphatic carbocycles. The highest BCUT2D eigenvalue weighted by molar-refractivity contribution is 9.10. The molecule has 1 aliphatic rings. The summed E-state index contributed by atoms with van der Waals surface area (Å²) in [5.41, 5.74) is 7.79. The lowest BCUT2D eigenvalue weighted by atomic mass is 9.97. The molecule has 2 nitrogen and oxygen atoms in total. The first-order valence-electron chi connectivity index (χ1n) is 4.51. The number of hydrogen-bond acceptors (Lipinski definition) is 2. The zero-order chi connectivity index (χ0) is 9.26. The Morgan fingerprint density at radius 2 is 2.31 bits per heavy atom. The largest absolute Gasteiger partial charge is 0.257 e. The molecule has 1 fully saturated rings. The van der Waals surface area contributed by atoms with Crippen molar-refractivity contribution in [3.8, 4) is 0 Å². The normalized spacial score (nSPS) is 27.8. The molecule has 1 heterocycles. The van der Waals surface area contributed by atoms with Gasteiger partial charge in [-0.25, -0.2) is 0 Å². The lowest BCUT2D eigenvalue weighted by Gasteiger charge is -2.14. The summed E-state index contributed by atoms with van der Waals surface area (Å²) in [6.45, 7) is 3.29. The standard InChI is InChI=1S/C10H13BrN2/c1-7-6-12-13-10(7)8-3-2-4-9(11)5-8/h2-5,7,10,12-13H,6H2,1H3. The Labute approximate surface area is 86.8 Å². The van der Waals surface area contributed by atoms with Gasteiger partial charge in [0, 0.05) is 11.0 Å². The molecule has 13 heavy (non-hydrogen) atoms. The maximum absolute atomic E-state index is 3.48. The van der Waals surface area contributed by atoms with Crippen LogP contribution in [0.2, 0.25) is 0 Å². The van der Waals surface area contributed by atoms with Gasteiger partial charge in [0.25, 0.3) is 0 Å². The molecular formula is C10H13BrN2. The van der Waals surface area contributed by atoms with Crippen molar-refractivity contribution in [2.24, 2.45) is 5.92 Å². The molecule has 0 aromatic heterocycles. The van der Waals surface area contributed by atoms with Crippen LogP contribution in [-0.4, -0.2) is 6.54 Å². The van der Waals surface area contributed by atoms with E-state index in [1.165, 1.54) is 5.56 Å². The highest BCUT2D eigenvalue weighted by atomic mass is 79.9. The van der Waals surface area contributed by atoms with E-state index >= 15 is 0 Å². The van der Waals surface area contributed by atoms with Crippen molar-refractivity contribution in [1.82, 2.24) is 10.9 Å². The molecule has 0 radical (unpaired) electrons. The van der Waals surface area contributed by atoms with Crippen molar-refractivity contribution in [3.05, 3.63) is 34.3 Å². The van der Waals surface area contributed by atoms with Crippen LogP contribution < -0.4 is 10.9 Å². The minimum atomic E-state index is 0.442. The molecule has 1 aromatic rings. The van der Waals surface area contributed by atoms with Crippen LogP contribution in [0.3, 0.4) is 0 Å². The zero-order valence-electron chi connectivity index (χ0n) is 7.55. The number of rotatable bonds is 1. The van der Waals surface area contributed by atoms with E-state index in [0.717, 1.165) is 11.0 Å². The fourth-order valence-electron chi connectivity index (χ4n) is 1.70. The second-order valence-corrected chi connectivity index (χ2v) is 4.45. The molecular weight excluding hydrogens is 228 g/mol. The number of hydrogen-bond donors (Lipinski definition) is 2.